The third kappa shape index (κ3) is 5.62. The van der Waals surface area contributed by atoms with Crippen molar-refractivity contribution >= 4 is 77.7 Å². The van der Waals surface area contributed by atoms with Gasteiger partial charge in [-0.2, -0.15) is 0 Å². The summed E-state index contributed by atoms with van der Waals surface area (Å²) in [6.07, 6.45) is 0. The molecule has 0 amide bonds. The summed E-state index contributed by atoms with van der Waals surface area (Å²) in [7, 11) is 0. The maximum absolute atomic E-state index is 2.43. The molecule has 0 aliphatic heterocycles. The van der Waals surface area contributed by atoms with Crippen molar-refractivity contribution in [1.29, 1.82) is 0 Å². The maximum Gasteiger partial charge on any atom is 0.0548 e. The molecular weight excluding hydrogens is 705 g/mol. The number of aromatic nitrogens is 2. The van der Waals surface area contributed by atoms with E-state index in [4.69, 9.17) is 0 Å². The molecule has 11 rings (SSSR count). The minimum absolute atomic E-state index is 1.10. The van der Waals surface area contributed by atoms with Gasteiger partial charge in [0.25, 0.3) is 0 Å². The SMILES string of the molecule is c1ccc(N(c2ccccc2)c2ccc3c(c2)c2cc4c(cc2n3-c2ccccc2)c2cc(N(c3ccccc3)c3ccccc3)ccc2n4-c2ccccc2)cc1. The highest BCUT2D eigenvalue weighted by molar-refractivity contribution is 6.20. The number of hydrogen-bond donors (Lipinski definition) is 0. The van der Waals surface area contributed by atoms with E-state index in [0.29, 0.717) is 0 Å². The summed E-state index contributed by atoms with van der Waals surface area (Å²) in [5.74, 6) is 0. The largest absolute Gasteiger partial charge is 0.310 e. The minimum atomic E-state index is 1.10. The van der Waals surface area contributed by atoms with Gasteiger partial charge >= 0.3 is 0 Å². The van der Waals surface area contributed by atoms with Crippen LogP contribution in [-0.4, -0.2) is 9.13 Å². The molecule has 2 heterocycles. The average molecular weight is 743 g/mol. The molecule has 0 saturated carbocycles. The van der Waals surface area contributed by atoms with Crippen LogP contribution in [0.15, 0.2) is 231 Å². The van der Waals surface area contributed by atoms with Gasteiger partial charge in [0, 0.05) is 67.0 Å². The van der Waals surface area contributed by atoms with Crippen molar-refractivity contribution in [2.45, 2.75) is 0 Å². The zero-order valence-corrected chi connectivity index (χ0v) is 31.7. The van der Waals surface area contributed by atoms with E-state index in [1.54, 1.807) is 0 Å². The molecule has 0 unspecified atom stereocenters. The van der Waals surface area contributed by atoms with Crippen LogP contribution in [0.25, 0.3) is 55.0 Å². The number of benzene rings is 9. The van der Waals surface area contributed by atoms with Gasteiger partial charge in [0.05, 0.1) is 22.1 Å². The van der Waals surface area contributed by atoms with E-state index in [1.165, 1.54) is 21.5 Å². The van der Waals surface area contributed by atoms with Gasteiger partial charge in [-0.25, -0.2) is 0 Å². The topological polar surface area (TPSA) is 16.3 Å². The summed E-state index contributed by atoms with van der Waals surface area (Å²) in [6, 6.07) is 82.8. The predicted octanol–water partition coefficient (Wildman–Crippen LogP) is 14.8. The van der Waals surface area contributed by atoms with Gasteiger partial charge in [0.15, 0.2) is 0 Å². The monoisotopic (exact) mass is 742 g/mol. The van der Waals surface area contributed by atoms with Crippen LogP contribution in [0.4, 0.5) is 34.1 Å². The average Bonchev–Trinajstić information content (AvgIpc) is 3.79. The fourth-order valence-corrected chi connectivity index (χ4v) is 8.70. The lowest BCUT2D eigenvalue weighted by atomic mass is 10.1. The smallest absolute Gasteiger partial charge is 0.0548 e. The standard InChI is InChI=1S/C54H38N4/c1-7-19-39(20-8-1)55(40-21-9-2-10-22-40)45-31-33-51-47(35-45)49-37-54-50(38-53(49)57(51)43-27-15-5-16-28-43)48-36-46(32-34-52(48)58(54)44-29-17-6-18-30-44)56(41-23-11-3-12-24-41)42-25-13-4-14-26-42/h1-38H. The number of nitrogens with zero attached hydrogens (tertiary/aromatic N) is 4. The molecule has 0 spiro atoms. The molecule has 0 N–H and O–H groups in total. The van der Waals surface area contributed by atoms with Gasteiger partial charge in [-0.1, -0.05) is 109 Å². The summed E-state index contributed by atoms with van der Waals surface area (Å²) in [5.41, 5.74) is 13.6. The van der Waals surface area contributed by atoms with Gasteiger partial charge in [-0.3, -0.25) is 0 Å². The molecule has 0 atom stereocenters. The molecule has 0 saturated heterocycles. The summed E-state index contributed by atoms with van der Waals surface area (Å²) in [4.78, 5) is 4.69. The molecule has 2 aromatic heterocycles. The molecule has 9 aromatic carbocycles. The van der Waals surface area contributed by atoms with Crippen LogP contribution in [0.5, 0.6) is 0 Å². The number of fused-ring (bicyclic) bond motifs is 6. The highest BCUT2D eigenvalue weighted by Crippen LogP contribution is 2.44. The fraction of sp³-hybridized carbons (Fsp3) is 0. The second kappa shape index (κ2) is 14.0. The summed E-state index contributed by atoms with van der Waals surface area (Å²) in [6.45, 7) is 0. The Kier molecular flexibility index (Phi) is 8.11. The van der Waals surface area contributed by atoms with Crippen LogP contribution in [-0.2, 0) is 0 Å². The summed E-state index contributed by atoms with van der Waals surface area (Å²) < 4.78 is 4.86. The molecule has 58 heavy (non-hydrogen) atoms. The molecule has 0 aliphatic carbocycles. The maximum atomic E-state index is 2.43. The van der Waals surface area contributed by atoms with Gasteiger partial charge in [-0.05, 0) is 121 Å². The van der Waals surface area contributed by atoms with E-state index in [2.05, 4.69) is 249 Å². The first-order valence-electron chi connectivity index (χ1n) is 19.8. The van der Waals surface area contributed by atoms with E-state index in [0.717, 1.165) is 67.6 Å². The molecule has 0 aliphatic rings. The number of hydrogen-bond acceptors (Lipinski definition) is 2. The molecular formula is C54H38N4. The number of para-hydroxylation sites is 6. The van der Waals surface area contributed by atoms with Crippen molar-refractivity contribution in [1.82, 2.24) is 9.13 Å². The Morgan fingerprint density at radius 2 is 0.500 bits per heavy atom. The Hall–Kier alpha value is -7.82. The zero-order valence-electron chi connectivity index (χ0n) is 31.7. The van der Waals surface area contributed by atoms with Gasteiger partial charge in [0.2, 0.25) is 0 Å². The van der Waals surface area contributed by atoms with Crippen molar-refractivity contribution in [2.75, 3.05) is 9.80 Å². The van der Waals surface area contributed by atoms with Gasteiger partial charge in [0.1, 0.15) is 0 Å². The minimum Gasteiger partial charge on any atom is -0.310 e. The van der Waals surface area contributed by atoms with E-state index in [1.807, 2.05) is 0 Å². The highest BCUT2D eigenvalue weighted by atomic mass is 15.1. The Morgan fingerprint density at radius 3 is 0.810 bits per heavy atom. The quantitative estimate of drug-likeness (QED) is 0.154. The van der Waals surface area contributed by atoms with Crippen LogP contribution in [0.3, 0.4) is 0 Å². The zero-order chi connectivity index (χ0) is 38.4. The third-order valence-electron chi connectivity index (χ3n) is 11.2. The third-order valence-corrected chi connectivity index (χ3v) is 11.2. The molecule has 274 valence electrons. The van der Waals surface area contributed by atoms with Crippen LogP contribution in [0.2, 0.25) is 0 Å². The van der Waals surface area contributed by atoms with Gasteiger partial charge in [-0.15, -0.1) is 0 Å². The molecule has 0 radical (unpaired) electrons. The van der Waals surface area contributed by atoms with E-state index in [-0.39, 0.29) is 0 Å². The van der Waals surface area contributed by atoms with Crippen LogP contribution < -0.4 is 9.80 Å². The van der Waals surface area contributed by atoms with Crippen molar-refractivity contribution in [3.63, 3.8) is 0 Å². The summed E-state index contributed by atoms with van der Waals surface area (Å²) in [5, 5.41) is 4.79. The normalized spacial score (nSPS) is 11.4. The molecule has 0 bridgehead atoms. The molecule has 11 aromatic rings. The predicted molar refractivity (Wildman–Crippen MR) is 244 cm³/mol. The Bertz CT molecular complexity index is 2890. The Balaban J connectivity index is 1.22. The highest BCUT2D eigenvalue weighted by Gasteiger charge is 2.22. The second-order valence-corrected chi connectivity index (χ2v) is 14.6. The fourth-order valence-electron chi connectivity index (χ4n) is 8.70. The van der Waals surface area contributed by atoms with Crippen LogP contribution >= 0.6 is 0 Å². The number of rotatable bonds is 8. The molecule has 0 fully saturated rings. The lowest BCUT2D eigenvalue weighted by Crippen LogP contribution is -2.09. The number of anilines is 6. The Morgan fingerprint density at radius 1 is 0.224 bits per heavy atom. The van der Waals surface area contributed by atoms with E-state index in [9.17, 15) is 0 Å². The van der Waals surface area contributed by atoms with Crippen molar-refractivity contribution in [3.8, 4) is 11.4 Å². The van der Waals surface area contributed by atoms with Crippen molar-refractivity contribution < 1.29 is 0 Å². The lowest BCUT2D eigenvalue weighted by molar-refractivity contribution is 1.17. The van der Waals surface area contributed by atoms with Crippen molar-refractivity contribution in [2.24, 2.45) is 0 Å². The first-order chi connectivity index (χ1) is 28.8. The van der Waals surface area contributed by atoms with Crippen LogP contribution in [0.1, 0.15) is 0 Å². The first-order valence-corrected chi connectivity index (χ1v) is 19.8. The van der Waals surface area contributed by atoms with Crippen LogP contribution in [0, 0.1) is 0 Å². The first kappa shape index (κ1) is 33.5. The molecule has 4 nitrogen and oxygen atoms in total. The van der Waals surface area contributed by atoms with Crippen molar-refractivity contribution in [3.05, 3.63) is 231 Å². The summed E-state index contributed by atoms with van der Waals surface area (Å²) >= 11 is 0. The van der Waals surface area contributed by atoms with Gasteiger partial charge < -0.3 is 18.9 Å². The molecule has 4 heteroatoms. The van der Waals surface area contributed by atoms with E-state index < -0.39 is 0 Å². The second-order valence-electron chi connectivity index (χ2n) is 14.6. The van der Waals surface area contributed by atoms with E-state index >= 15 is 0 Å². The lowest BCUT2D eigenvalue weighted by Gasteiger charge is -2.25. The Labute approximate surface area is 337 Å².